The van der Waals surface area contributed by atoms with Crippen molar-refractivity contribution in [1.82, 2.24) is 0 Å². The lowest BCUT2D eigenvalue weighted by atomic mass is 9.47. The van der Waals surface area contributed by atoms with Crippen LogP contribution in [0.25, 0.3) is 0 Å². The molecule has 0 aliphatic heterocycles. The number of esters is 1. The summed E-state index contributed by atoms with van der Waals surface area (Å²) in [6.45, 7) is 14.9. The van der Waals surface area contributed by atoms with Gasteiger partial charge in [0.25, 0.3) is 0 Å². The zero-order valence-corrected chi connectivity index (χ0v) is 28.3. The molecule has 0 saturated heterocycles. The Morgan fingerprint density at radius 1 is 0.854 bits per heavy atom. The molecule has 0 amide bonds. The average Bonchev–Trinajstić information content (AvgIpc) is 3.29. The molecule has 0 aromatic carbocycles. The summed E-state index contributed by atoms with van der Waals surface area (Å²) in [5.41, 5.74) is 2.54. The highest BCUT2D eigenvalue weighted by Gasteiger charge is 2.59. The van der Waals surface area contributed by atoms with E-state index in [9.17, 15) is 4.79 Å². The molecule has 0 N–H and O–H groups in total. The molecule has 0 aromatic rings. The van der Waals surface area contributed by atoms with Crippen molar-refractivity contribution in [3.8, 4) is 0 Å². The van der Waals surface area contributed by atoms with Crippen molar-refractivity contribution < 1.29 is 9.53 Å². The number of hydrogen-bond acceptors (Lipinski definition) is 2. The Labute approximate surface area is 255 Å². The van der Waals surface area contributed by atoms with Crippen molar-refractivity contribution in [2.45, 2.75) is 182 Å². The molecule has 4 aliphatic rings. The lowest BCUT2D eigenvalue weighted by Gasteiger charge is -2.58. The molecular weight excluding hydrogens is 500 g/mol. The minimum atomic E-state index is 0.0591. The summed E-state index contributed by atoms with van der Waals surface area (Å²) >= 11 is 0. The normalized spacial score (nSPS) is 35.4. The van der Waals surface area contributed by atoms with Crippen LogP contribution in [-0.4, -0.2) is 12.1 Å². The Hall–Kier alpha value is -0.790. The van der Waals surface area contributed by atoms with Crippen molar-refractivity contribution in [2.24, 2.45) is 46.3 Å². The molecule has 0 bridgehead atoms. The van der Waals surface area contributed by atoms with Gasteiger partial charge in [-0.3, -0.25) is 4.79 Å². The maximum atomic E-state index is 12.7. The van der Waals surface area contributed by atoms with Gasteiger partial charge in [-0.25, -0.2) is 0 Å². The quantitative estimate of drug-likeness (QED) is 0.105. The van der Waals surface area contributed by atoms with E-state index in [1.807, 2.05) is 0 Å². The minimum Gasteiger partial charge on any atom is -0.462 e. The first-order valence-corrected chi connectivity index (χ1v) is 18.6. The van der Waals surface area contributed by atoms with E-state index < -0.39 is 0 Å². The summed E-state index contributed by atoms with van der Waals surface area (Å²) in [6.07, 6.45) is 29.6. The summed E-state index contributed by atoms with van der Waals surface area (Å²) in [4.78, 5) is 12.7. The Balaban J connectivity index is 1.24. The van der Waals surface area contributed by atoms with Crippen molar-refractivity contribution in [3.05, 3.63) is 11.6 Å². The number of carbonyl (C=O) groups is 1. The third-order valence-corrected chi connectivity index (χ3v) is 13.0. The van der Waals surface area contributed by atoms with Crippen LogP contribution in [0, 0.1) is 46.3 Å². The van der Waals surface area contributed by atoms with Crippen LogP contribution in [-0.2, 0) is 9.53 Å². The highest BCUT2D eigenvalue weighted by atomic mass is 16.5. The smallest absolute Gasteiger partial charge is 0.306 e. The number of ether oxygens (including phenoxy) is 1. The Morgan fingerprint density at radius 3 is 2.27 bits per heavy atom. The van der Waals surface area contributed by atoms with Gasteiger partial charge in [-0.1, -0.05) is 124 Å². The van der Waals surface area contributed by atoms with Crippen molar-refractivity contribution in [1.29, 1.82) is 0 Å². The van der Waals surface area contributed by atoms with Crippen LogP contribution in [0.4, 0.5) is 0 Å². The molecule has 236 valence electrons. The first-order valence-electron chi connectivity index (χ1n) is 18.6. The molecule has 3 saturated carbocycles. The van der Waals surface area contributed by atoms with Gasteiger partial charge in [-0.05, 0) is 97.7 Å². The van der Waals surface area contributed by atoms with Crippen LogP contribution < -0.4 is 0 Å². The van der Waals surface area contributed by atoms with E-state index in [0.29, 0.717) is 17.3 Å². The van der Waals surface area contributed by atoms with Crippen LogP contribution in [0.2, 0.25) is 0 Å². The molecular formula is C39H68O2. The molecule has 1 unspecified atom stereocenters. The predicted octanol–water partition coefficient (Wildman–Crippen LogP) is 11.9. The molecule has 4 rings (SSSR count). The molecule has 8 atom stereocenters. The second-order valence-corrected chi connectivity index (χ2v) is 16.2. The second-order valence-electron chi connectivity index (χ2n) is 16.2. The maximum absolute atomic E-state index is 12.7. The van der Waals surface area contributed by atoms with E-state index in [4.69, 9.17) is 4.74 Å². The van der Waals surface area contributed by atoms with Gasteiger partial charge in [0.05, 0.1) is 0 Å². The molecule has 0 spiro atoms. The van der Waals surface area contributed by atoms with E-state index >= 15 is 0 Å². The molecule has 0 radical (unpaired) electrons. The van der Waals surface area contributed by atoms with E-state index in [1.165, 1.54) is 109 Å². The molecule has 41 heavy (non-hydrogen) atoms. The zero-order valence-electron chi connectivity index (χ0n) is 28.3. The molecule has 2 heteroatoms. The molecule has 4 aliphatic carbocycles. The lowest BCUT2D eigenvalue weighted by Crippen LogP contribution is -2.51. The van der Waals surface area contributed by atoms with Crippen molar-refractivity contribution in [2.75, 3.05) is 0 Å². The van der Waals surface area contributed by atoms with Crippen LogP contribution >= 0.6 is 0 Å². The fourth-order valence-electron chi connectivity index (χ4n) is 10.6. The number of carbonyl (C=O) groups excluding carboxylic acids is 1. The van der Waals surface area contributed by atoms with Gasteiger partial charge in [-0.2, -0.15) is 0 Å². The Kier molecular flexibility index (Phi) is 12.3. The van der Waals surface area contributed by atoms with Crippen LogP contribution in [0.3, 0.4) is 0 Å². The largest absolute Gasteiger partial charge is 0.462 e. The first-order chi connectivity index (χ1) is 19.7. The van der Waals surface area contributed by atoms with Gasteiger partial charge >= 0.3 is 5.97 Å². The van der Waals surface area contributed by atoms with Gasteiger partial charge < -0.3 is 4.74 Å². The van der Waals surface area contributed by atoms with Crippen molar-refractivity contribution in [3.63, 3.8) is 0 Å². The molecule has 0 aromatic heterocycles. The number of allylic oxidation sites excluding steroid dienone is 1. The predicted molar refractivity (Wildman–Crippen MR) is 175 cm³/mol. The number of hydrogen-bond donors (Lipinski definition) is 0. The minimum absolute atomic E-state index is 0.0591. The van der Waals surface area contributed by atoms with E-state index in [2.05, 4.69) is 47.6 Å². The van der Waals surface area contributed by atoms with Crippen LogP contribution in [0.15, 0.2) is 11.6 Å². The summed E-state index contributed by atoms with van der Waals surface area (Å²) in [7, 11) is 0. The van der Waals surface area contributed by atoms with E-state index in [1.54, 1.807) is 5.57 Å². The van der Waals surface area contributed by atoms with Crippen LogP contribution in [0.1, 0.15) is 176 Å². The fourth-order valence-corrected chi connectivity index (χ4v) is 10.6. The van der Waals surface area contributed by atoms with E-state index in [-0.39, 0.29) is 12.1 Å². The third kappa shape index (κ3) is 8.03. The van der Waals surface area contributed by atoms with Gasteiger partial charge in [0.1, 0.15) is 6.10 Å². The first kappa shape index (κ1) is 33.1. The van der Waals surface area contributed by atoms with Crippen LogP contribution in [0.5, 0.6) is 0 Å². The standard InChI is InChI=1S/C39H68O2/c1-7-8-9-10-11-12-13-14-15-19-37(40)41-32-24-26-38(5)31(28-32)20-21-33-35-23-22-34(30(4)18-16-17-29(2)3)39(35,6)27-25-36(33)38/h20,29-30,32-36H,7-19,21-28H2,1-6H3/t30-,32+,33?,34-,35+,36+,38+,39-/m1/s1. The summed E-state index contributed by atoms with van der Waals surface area (Å²) in [6, 6.07) is 0. The summed E-state index contributed by atoms with van der Waals surface area (Å²) in [5.74, 6) is 5.34. The number of unbranched alkanes of at least 4 members (excludes halogenated alkanes) is 8. The van der Waals surface area contributed by atoms with Gasteiger partial charge in [0.2, 0.25) is 0 Å². The summed E-state index contributed by atoms with van der Waals surface area (Å²) < 4.78 is 6.09. The Bertz CT molecular complexity index is 843. The summed E-state index contributed by atoms with van der Waals surface area (Å²) in [5, 5.41) is 0. The topological polar surface area (TPSA) is 26.3 Å². The molecule has 2 nitrogen and oxygen atoms in total. The van der Waals surface area contributed by atoms with Crippen molar-refractivity contribution >= 4 is 5.97 Å². The molecule has 0 heterocycles. The third-order valence-electron chi connectivity index (χ3n) is 13.0. The SMILES string of the molecule is CCCCCCCCCCCC(=O)O[C@H]1CC[C@@]2(C)C(=CCC3[C@@H]4CC[C@H]([C@H](C)CCCC(C)C)[C@@]4(C)CC[C@@H]32)C1. The average molecular weight is 569 g/mol. The van der Waals surface area contributed by atoms with E-state index in [0.717, 1.165) is 54.8 Å². The Morgan fingerprint density at radius 2 is 1.56 bits per heavy atom. The number of fused-ring (bicyclic) bond motifs is 5. The number of rotatable bonds is 16. The van der Waals surface area contributed by atoms with Gasteiger partial charge in [0.15, 0.2) is 0 Å². The fraction of sp³-hybridized carbons (Fsp3) is 0.923. The highest BCUT2D eigenvalue weighted by molar-refractivity contribution is 5.69. The maximum Gasteiger partial charge on any atom is 0.306 e. The highest BCUT2D eigenvalue weighted by Crippen LogP contribution is 2.67. The van der Waals surface area contributed by atoms with Gasteiger partial charge in [-0.15, -0.1) is 0 Å². The second kappa shape index (κ2) is 15.3. The monoisotopic (exact) mass is 569 g/mol. The molecule has 3 fully saturated rings. The van der Waals surface area contributed by atoms with Gasteiger partial charge in [0, 0.05) is 12.8 Å². The zero-order chi connectivity index (χ0) is 29.5. The lowest BCUT2D eigenvalue weighted by molar-refractivity contribution is -0.151.